The molecule has 1 aliphatic heterocycles. The lowest BCUT2D eigenvalue weighted by Gasteiger charge is -2.24. The quantitative estimate of drug-likeness (QED) is 0.786. The summed E-state index contributed by atoms with van der Waals surface area (Å²) in [6, 6.07) is 26.0. The van der Waals surface area contributed by atoms with Crippen LogP contribution in [0.15, 0.2) is 78.9 Å². The Kier molecular flexibility index (Phi) is 4.55. The molecule has 130 valence electrons. The highest BCUT2D eigenvalue weighted by molar-refractivity contribution is 5.82. The zero-order valence-electron chi connectivity index (χ0n) is 14.5. The molecule has 1 heterocycles. The normalized spacial score (nSPS) is 14.1. The summed E-state index contributed by atoms with van der Waals surface area (Å²) in [5.74, 6) is -0.222. The third-order valence-corrected chi connectivity index (χ3v) is 4.92. The van der Waals surface area contributed by atoms with E-state index >= 15 is 0 Å². The second-order valence-corrected chi connectivity index (χ2v) is 6.71. The molecule has 0 bridgehead atoms. The molecular weight excluding hydrogens is 322 g/mol. The molecule has 0 fully saturated rings. The molecule has 3 nitrogen and oxygen atoms in total. The van der Waals surface area contributed by atoms with E-state index in [1.165, 1.54) is 0 Å². The van der Waals surface area contributed by atoms with Gasteiger partial charge in [0.2, 0.25) is 0 Å². The first-order valence-electron chi connectivity index (χ1n) is 8.89. The van der Waals surface area contributed by atoms with Crippen LogP contribution in [0.1, 0.15) is 16.7 Å². The molecule has 1 aliphatic rings. The Hall–Kier alpha value is -2.91. The third-order valence-electron chi connectivity index (χ3n) is 4.92. The number of rotatable bonds is 3. The summed E-state index contributed by atoms with van der Waals surface area (Å²) in [5.41, 5.74) is 5.51. The van der Waals surface area contributed by atoms with Gasteiger partial charge in [-0.1, -0.05) is 78.9 Å². The van der Waals surface area contributed by atoms with Gasteiger partial charge in [-0.25, -0.2) is 0 Å². The smallest absolute Gasteiger partial charge is 0.252 e. The van der Waals surface area contributed by atoms with Crippen molar-refractivity contribution < 1.29 is 9.90 Å². The number of aliphatic hydroxyl groups is 1. The first kappa shape index (κ1) is 16.6. The van der Waals surface area contributed by atoms with Gasteiger partial charge in [-0.3, -0.25) is 4.79 Å². The minimum absolute atomic E-state index is 0.222. The van der Waals surface area contributed by atoms with Gasteiger partial charge in [-0.2, -0.15) is 0 Å². The van der Waals surface area contributed by atoms with E-state index in [1.807, 2.05) is 54.6 Å². The van der Waals surface area contributed by atoms with Gasteiger partial charge in [0.1, 0.15) is 6.10 Å². The van der Waals surface area contributed by atoms with Crippen molar-refractivity contribution in [1.82, 2.24) is 4.90 Å². The third kappa shape index (κ3) is 3.26. The van der Waals surface area contributed by atoms with Crippen LogP contribution < -0.4 is 0 Å². The molecule has 0 radical (unpaired) electrons. The minimum atomic E-state index is -1.03. The molecule has 1 atom stereocenters. The second-order valence-electron chi connectivity index (χ2n) is 6.71. The van der Waals surface area contributed by atoms with Gasteiger partial charge in [-0.05, 0) is 27.8 Å². The fourth-order valence-electron chi connectivity index (χ4n) is 3.60. The summed E-state index contributed by atoms with van der Waals surface area (Å²) in [6.07, 6.45) is -0.700. The first-order valence-corrected chi connectivity index (χ1v) is 8.89. The Morgan fingerprint density at radius 2 is 1.31 bits per heavy atom. The Labute approximate surface area is 153 Å². The molecule has 3 heteroatoms. The Balaban J connectivity index is 1.63. The molecule has 4 rings (SSSR count). The van der Waals surface area contributed by atoms with Crippen LogP contribution in [0, 0.1) is 0 Å². The Morgan fingerprint density at radius 1 is 0.808 bits per heavy atom. The molecule has 1 N–H and O–H groups in total. The second kappa shape index (κ2) is 7.14. The number of carbonyl (C=O) groups is 1. The van der Waals surface area contributed by atoms with Crippen LogP contribution in [0.25, 0.3) is 11.1 Å². The van der Waals surface area contributed by atoms with Crippen LogP contribution in [-0.2, 0) is 24.3 Å². The van der Waals surface area contributed by atoms with Gasteiger partial charge >= 0.3 is 0 Å². The lowest BCUT2D eigenvalue weighted by atomic mass is 9.97. The number of fused-ring (bicyclic) bond motifs is 3. The number of benzene rings is 3. The number of carbonyl (C=O) groups excluding carboxylic acids is 1. The van der Waals surface area contributed by atoms with E-state index in [1.54, 1.807) is 4.90 Å². The van der Waals surface area contributed by atoms with E-state index in [2.05, 4.69) is 24.3 Å². The summed E-state index contributed by atoms with van der Waals surface area (Å²) < 4.78 is 0. The predicted molar refractivity (Wildman–Crippen MR) is 102 cm³/mol. The predicted octanol–water partition coefficient (Wildman–Crippen LogP) is 3.80. The van der Waals surface area contributed by atoms with Crippen molar-refractivity contribution in [3.63, 3.8) is 0 Å². The summed E-state index contributed by atoms with van der Waals surface area (Å²) in [7, 11) is 0. The van der Waals surface area contributed by atoms with Crippen LogP contribution >= 0.6 is 0 Å². The van der Waals surface area contributed by atoms with Crippen LogP contribution in [0.4, 0.5) is 0 Å². The van der Waals surface area contributed by atoms with Crippen molar-refractivity contribution in [3.8, 4) is 11.1 Å². The first-order chi connectivity index (χ1) is 12.7. The zero-order valence-corrected chi connectivity index (χ0v) is 14.5. The number of amides is 1. The number of nitrogens with zero attached hydrogens (tertiary/aromatic N) is 1. The fraction of sp³-hybridized carbons (Fsp3) is 0.174. The summed E-state index contributed by atoms with van der Waals surface area (Å²) in [5, 5.41) is 10.5. The van der Waals surface area contributed by atoms with E-state index in [0.29, 0.717) is 19.5 Å². The largest absolute Gasteiger partial charge is 0.383 e. The molecule has 0 aliphatic carbocycles. The van der Waals surface area contributed by atoms with Gasteiger partial charge in [0.25, 0.3) is 5.91 Å². The van der Waals surface area contributed by atoms with Crippen molar-refractivity contribution in [1.29, 1.82) is 0 Å². The van der Waals surface area contributed by atoms with E-state index in [-0.39, 0.29) is 5.91 Å². The monoisotopic (exact) mass is 343 g/mol. The SMILES string of the molecule is O=C([C@@H](O)Cc1ccccc1)N1Cc2ccccc2-c2ccccc2C1. The molecule has 0 unspecified atom stereocenters. The molecule has 26 heavy (non-hydrogen) atoms. The molecule has 0 saturated carbocycles. The fourth-order valence-corrected chi connectivity index (χ4v) is 3.60. The molecule has 1 amide bonds. The summed E-state index contributed by atoms with van der Waals surface area (Å²) >= 11 is 0. The molecule has 0 aromatic heterocycles. The standard InChI is InChI=1S/C23H21NO2/c25-22(14-17-8-2-1-3-9-17)23(26)24-15-18-10-4-6-12-20(18)21-13-7-5-11-19(21)16-24/h1-13,22,25H,14-16H2/t22-/m0/s1. The highest BCUT2D eigenvalue weighted by Gasteiger charge is 2.26. The van der Waals surface area contributed by atoms with Crippen molar-refractivity contribution in [3.05, 3.63) is 95.6 Å². The van der Waals surface area contributed by atoms with E-state index in [9.17, 15) is 9.90 Å². The van der Waals surface area contributed by atoms with Gasteiger partial charge in [0, 0.05) is 19.5 Å². The van der Waals surface area contributed by atoms with Crippen molar-refractivity contribution >= 4 is 5.91 Å². The average molecular weight is 343 g/mol. The molecular formula is C23H21NO2. The summed E-state index contributed by atoms with van der Waals surface area (Å²) in [6.45, 7) is 1.02. The van der Waals surface area contributed by atoms with Crippen LogP contribution in [-0.4, -0.2) is 22.0 Å². The maximum Gasteiger partial charge on any atom is 0.252 e. The van der Waals surface area contributed by atoms with E-state index < -0.39 is 6.10 Å². The maximum absolute atomic E-state index is 13.0. The van der Waals surface area contributed by atoms with E-state index in [4.69, 9.17) is 0 Å². The molecule has 3 aromatic rings. The van der Waals surface area contributed by atoms with Crippen LogP contribution in [0.2, 0.25) is 0 Å². The highest BCUT2D eigenvalue weighted by Crippen LogP contribution is 2.32. The van der Waals surface area contributed by atoms with Gasteiger partial charge in [0.15, 0.2) is 0 Å². The molecule has 3 aromatic carbocycles. The van der Waals surface area contributed by atoms with Crippen LogP contribution in [0.5, 0.6) is 0 Å². The van der Waals surface area contributed by atoms with E-state index in [0.717, 1.165) is 27.8 Å². The van der Waals surface area contributed by atoms with Crippen LogP contribution in [0.3, 0.4) is 0 Å². The topological polar surface area (TPSA) is 40.5 Å². The van der Waals surface area contributed by atoms with Crippen molar-refractivity contribution in [2.24, 2.45) is 0 Å². The maximum atomic E-state index is 13.0. The lowest BCUT2D eigenvalue weighted by Crippen LogP contribution is -2.39. The highest BCUT2D eigenvalue weighted by atomic mass is 16.3. The summed E-state index contributed by atoms with van der Waals surface area (Å²) in [4.78, 5) is 14.7. The number of aliphatic hydroxyl groups excluding tert-OH is 1. The Bertz CT molecular complexity index is 873. The van der Waals surface area contributed by atoms with Gasteiger partial charge in [0.05, 0.1) is 0 Å². The van der Waals surface area contributed by atoms with Gasteiger partial charge < -0.3 is 10.0 Å². The molecule has 0 spiro atoms. The number of hydrogen-bond donors (Lipinski definition) is 1. The molecule has 0 saturated heterocycles. The zero-order chi connectivity index (χ0) is 17.9. The lowest BCUT2D eigenvalue weighted by molar-refractivity contribution is -0.141. The number of hydrogen-bond acceptors (Lipinski definition) is 2. The van der Waals surface area contributed by atoms with Crippen molar-refractivity contribution in [2.45, 2.75) is 25.6 Å². The van der Waals surface area contributed by atoms with Crippen molar-refractivity contribution in [2.75, 3.05) is 0 Å². The van der Waals surface area contributed by atoms with Gasteiger partial charge in [-0.15, -0.1) is 0 Å². The Morgan fingerprint density at radius 3 is 1.88 bits per heavy atom. The minimum Gasteiger partial charge on any atom is -0.383 e. The average Bonchev–Trinajstić information content (AvgIpc) is 2.85.